The Morgan fingerprint density at radius 2 is 1.27 bits per heavy atom. The second-order valence-electron chi connectivity index (χ2n) is 13.2. The molecule has 7 aromatic carbocycles. The van der Waals surface area contributed by atoms with Crippen LogP contribution in [0.15, 0.2) is 150 Å². The van der Waals surface area contributed by atoms with Crippen LogP contribution in [0.4, 0.5) is 0 Å². The molecular formula is C45H24N4OS. The lowest BCUT2D eigenvalue weighted by Crippen LogP contribution is -1.95. The Hall–Kier alpha value is -6.63. The molecule has 51 heavy (non-hydrogen) atoms. The third kappa shape index (κ3) is 3.71. The SMILES string of the molecule is c1ccc(-c2nc3cc4c5cc(-c6nc(-c7cccc8c7oc7ccccc78)c7ccccc7n6)ccc5n5c6ccccc6c(c3s2)c45)cc1. The summed E-state index contributed by atoms with van der Waals surface area (Å²) >= 11 is 1.77. The molecule has 0 saturated carbocycles. The van der Waals surface area contributed by atoms with Crippen LogP contribution in [-0.4, -0.2) is 19.4 Å². The molecule has 0 bridgehead atoms. The highest BCUT2D eigenvalue weighted by Crippen LogP contribution is 2.46. The van der Waals surface area contributed by atoms with Gasteiger partial charge in [0.2, 0.25) is 0 Å². The molecule has 0 fully saturated rings. The Morgan fingerprint density at radius 3 is 2.20 bits per heavy atom. The predicted molar refractivity (Wildman–Crippen MR) is 211 cm³/mol. The molecule has 5 nitrogen and oxygen atoms in total. The van der Waals surface area contributed by atoms with Crippen molar-refractivity contribution < 1.29 is 4.42 Å². The first kappa shape index (κ1) is 27.2. The van der Waals surface area contributed by atoms with Crippen LogP contribution in [0.25, 0.3) is 114 Å². The molecule has 0 aliphatic rings. The largest absolute Gasteiger partial charge is 0.455 e. The van der Waals surface area contributed by atoms with Crippen molar-refractivity contribution in [1.29, 1.82) is 0 Å². The number of benzene rings is 7. The molecule has 0 radical (unpaired) electrons. The quantitative estimate of drug-likeness (QED) is 0.188. The minimum atomic E-state index is 0.679. The summed E-state index contributed by atoms with van der Waals surface area (Å²) in [4.78, 5) is 15.7. The van der Waals surface area contributed by atoms with Crippen LogP contribution in [0.3, 0.4) is 0 Å². The molecule has 0 saturated heterocycles. The average Bonchev–Trinajstić information content (AvgIpc) is 3.95. The van der Waals surface area contributed by atoms with Crippen LogP contribution in [0, 0.1) is 0 Å². The van der Waals surface area contributed by atoms with E-state index in [1.54, 1.807) is 11.3 Å². The normalized spacial score (nSPS) is 12.3. The third-order valence-corrected chi connectivity index (χ3v) is 11.5. The van der Waals surface area contributed by atoms with E-state index in [4.69, 9.17) is 19.4 Å². The van der Waals surface area contributed by atoms with Gasteiger partial charge < -0.3 is 8.82 Å². The van der Waals surface area contributed by atoms with Crippen LogP contribution in [0.1, 0.15) is 0 Å². The molecule has 0 atom stereocenters. The molecule has 0 amide bonds. The zero-order valence-corrected chi connectivity index (χ0v) is 27.8. The summed E-state index contributed by atoms with van der Waals surface area (Å²) in [5, 5.41) is 9.06. The Balaban J connectivity index is 1.13. The first-order valence-electron chi connectivity index (χ1n) is 17.0. The first-order valence-corrected chi connectivity index (χ1v) is 17.8. The lowest BCUT2D eigenvalue weighted by Gasteiger charge is -2.10. The van der Waals surface area contributed by atoms with Crippen molar-refractivity contribution in [2.24, 2.45) is 0 Å². The Bertz CT molecular complexity index is 3370. The Labute approximate surface area is 294 Å². The highest BCUT2D eigenvalue weighted by molar-refractivity contribution is 7.22. The third-order valence-electron chi connectivity index (χ3n) is 10.4. The maximum absolute atomic E-state index is 6.48. The molecule has 6 heteroatoms. The summed E-state index contributed by atoms with van der Waals surface area (Å²) in [6.07, 6.45) is 0. The lowest BCUT2D eigenvalue weighted by molar-refractivity contribution is 0.670. The minimum Gasteiger partial charge on any atom is -0.455 e. The summed E-state index contributed by atoms with van der Waals surface area (Å²) in [6, 6.07) is 50.9. The van der Waals surface area contributed by atoms with Crippen LogP contribution in [-0.2, 0) is 0 Å². The number of hydrogen-bond donors (Lipinski definition) is 0. The monoisotopic (exact) mass is 668 g/mol. The van der Waals surface area contributed by atoms with Gasteiger partial charge in [-0.2, -0.15) is 0 Å². The molecule has 0 spiro atoms. The molecule has 5 aromatic heterocycles. The molecule has 0 aliphatic heterocycles. The van der Waals surface area contributed by atoms with Gasteiger partial charge in [0.25, 0.3) is 0 Å². The number of thiazole rings is 1. The highest BCUT2D eigenvalue weighted by atomic mass is 32.1. The van der Waals surface area contributed by atoms with E-state index in [1.807, 2.05) is 24.3 Å². The van der Waals surface area contributed by atoms with Gasteiger partial charge in [0.05, 0.1) is 38.0 Å². The fourth-order valence-electron chi connectivity index (χ4n) is 8.13. The van der Waals surface area contributed by atoms with Crippen molar-refractivity contribution in [3.8, 4) is 33.2 Å². The van der Waals surface area contributed by atoms with Gasteiger partial charge in [0.15, 0.2) is 5.82 Å². The van der Waals surface area contributed by atoms with Gasteiger partial charge >= 0.3 is 0 Å². The fraction of sp³-hybridized carbons (Fsp3) is 0. The van der Waals surface area contributed by atoms with E-state index in [0.717, 1.165) is 76.7 Å². The summed E-state index contributed by atoms with van der Waals surface area (Å²) < 4.78 is 10.1. The van der Waals surface area contributed by atoms with Crippen molar-refractivity contribution in [3.63, 3.8) is 0 Å². The summed E-state index contributed by atoms with van der Waals surface area (Å²) in [5.41, 5.74) is 11.1. The second kappa shape index (κ2) is 9.97. The summed E-state index contributed by atoms with van der Waals surface area (Å²) in [5.74, 6) is 0.679. The molecule has 0 unspecified atom stereocenters. The van der Waals surface area contributed by atoms with Gasteiger partial charge in [-0.25, -0.2) is 15.0 Å². The predicted octanol–water partition coefficient (Wildman–Crippen LogP) is 12.3. The van der Waals surface area contributed by atoms with E-state index in [0.29, 0.717) is 5.82 Å². The zero-order valence-electron chi connectivity index (χ0n) is 27.0. The van der Waals surface area contributed by atoms with Crippen molar-refractivity contribution >= 4 is 92.5 Å². The highest BCUT2D eigenvalue weighted by Gasteiger charge is 2.23. The maximum Gasteiger partial charge on any atom is 0.160 e. The van der Waals surface area contributed by atoms with Crippen LogP contribution in [0.2, 0.25) is 0 Å². The number of para-hydroxylation sites is 4. The van der Waals surface area contributed by atoms with Crippen molar-refractivity contribution in [2.45, 2.75) is 0 Å². The molecule has 12 rings (SSSR count). The Kier molecular flexibility index (Phi) is 5.32. The molecule has 0 N–H and O–H groups in total. The van der Waals surface area contributed by atoms with E-state index in [1.165, 1.54) is 31.9 Å². The fourth-order valence-corrected chi connectivity index (χ4v) is 9.24. The number of fused-ring (bicyclic) bond motifs is 12. The number of rotatable bonds is 3. The standard InChI is InChI=1S/C45H24N4OS/c1-2-11-25(12-3-1)45-47-35-24-33-32-23-26(21-22-37(32)49-36-19-8-5-15-30(36)39(41(33)49)43(35)51-45)44-46-34-18-7-4-14-29(34)40(48-44)31-17-10-16-28-27-13-6-9-20-38(27)50-42(28)31/h1-24H. The first-order chi connectivity index (χ1) is 25.3. The van der Waals surface area contributed by atoms with E-state index in [2.05, 4.69) is 126 Å². The van der Waals surface area contributed by atoms with E-state index < -0.39 is 0 Å². The summed E-state index contributed by atoms with van der Waals surface area (Å²) in [6.45, 7) is 0. The minimum absolute atomic E-state index is 0.679. The van der Waals surface area contributed by atoms with Gasteiger partial charge in [-0.05, 0) is 48.5 Å². The van der Waals surface area contributed by atoms with Gasteiger partial charge in [-0.1, -0.05) is 97.1 Å². The van der Waals surface area contributed by atoms with Crippen molar-refractivity contribution in [2.75, 3.05) is 0 Å². The molecule has 236 valence electrons. The zero-order chi connectivity index (χ0) is 33.2. The van der Waals surface area contributed by atoms with Crippen LogP contribution >= 0.6 is 11.3 Å². The molecule has 5 heterocycles. The van der Waals surface area contributed by atoms with Crippen LogP contribution in [0.5, 0.6) is 0 Å². The van der Waals surface area contributed by atoms with E-state index in [-0.39, 0.29) is 0 Å². The van der Waals surface area contributed by atoms with E-state index >= 15 is 0 Å². The molecule has 12 aromatic rings. The van der Waals surface area contributed by atoms with Crippen molar-refractivity contribution in [3.05, 3.63) is 146 Å². The van der Waals surface area contributed by atoms with Crippen molar-refractivity contribution in [1.82, 2.24) is 19.4 Å². The number of nitrogens with zero attached hydrogens (tertiary/aromatic N) is 4. The second-order valence-corrected chi connectivity index (χ2v) is 14.2. The number of hydrogen-bond acceptors (Lipinski definition) is 5. The van der Waals surface area contributed by atoms with E-state index in [9.17, 15) is 0 Å². The smallest absolute Gasteiger partial charge is 0.160 e. The van der Waals surface area contributed by atoms with Crippen LogP contribution < -0.4 is 0 Å². The van der Waals surface area contributed by atoms with Gasteiger partial charge in [0, 0.05) is 54.4 Å². The van der Waals surface area contributed by atoms with Gasteiger partial charge in [-0.15, -0.1) is 11.3 Å². The average molecular weight is 669 g/mol. The topological polar surface area (TPSA) is 56.2 Å². The number of aromatic nitrogens is 4. The van der Waals surface area contributed by atoms with Gasteiger partial charge in [0.1, 0.15) is 16.2 Å². The maximum atomic E-state index is 6.48. The van der Waals surface area contributed by atoms with Gasteiger partial charge in [-0.3, -0.25) is 0 Å². The summed E-state index contributed by atoms with van der Waals surface area (Å²) in [7, 11) is 0. The number of furan rings is 1. The molecular weight excluding hydrogens is 645 g/mol. The molecule has 0 aliphatic carbocycles. The Morgan fingerprint density at radius 1 is 0.510 bits per heavy atom. The lowest BCUT2D eigenvalue weighted by atomic mass is 10.0.